The quantitative estimate of drug-likeness (QED) is 0.875. The zero-order chi connectivity index (χ0) is 11.5. The molecule has 0 aromatic carbocycles. The summed E-state index contributed by atoms with van der Waals surface area (Å²) in [5.74, 6) is 0. The Labute approximate surface area is 97.4 Å². The van der Waals surface area contributed by atoms with Crippen LogP contribution in [-0.4, -0.2) is 14.8 Å². The lowest BCUT2D eigenvalue weighted by Crippen LogP contribution is -1.97. The second-order valence-corrected chi connectivity index (χ2v) is 4.62. The largest absolute Gasteiger partial charge is 0.356 e. The molecule has 2 rings (SSSR count). The fraction of sp³-hybridized carbons (Fsp3) is 0.300. The summed E-state index contributed by atoms with van der Waals surface area (Å²) in [6, 6.07) is 3.99. The number of hydrogen-bond donors (Lipinski definition) is 1. The Kier molecular flexibility index (Phi) is 2.88. The Balaban J connectivity index is 2.02. The maximum absolute atomic E-state index is 8.81. The molecule has 0 bridgehead atoms. The molecule has 0 radical (unpaired) electrons. The van der Waals surface area contributed by atoms with Gasteiger partial charge in [0.25, 0.3) is 0 Å². The molecule has 2 heterocycles. The van der Waals surface area contributed by atoms with E-state index in [0.29, 0.717) is 12.2 Å². The predicted molar refractivity (Wildman–Crippen MR) is 62.1 cm³/mol. The van der Waals surface area contributed by atoms with Crippen LogP contribution in [0.25, 0.3) is 0 Å². The van der Waals surface area contributed by atoms with E-state index in [1.165, 1.54) is 11.3 Å². The summed E-state index contributed by atoms with van der Waals surface area (Å²) in [4.78, 5) is 0. The number of aromatic nitrogens is 3. The molecule has 0 atom stereocenters. The molecule has 6 heteroatoms. The van der Waals surface area contributed by atoms with Crippen LogP contribution in [0.15, 0.2) is 12.3 Å². The highest BCUT2D eigenvalue weighted by Gasteiger charge is 2.03. The lowest BCUT2D eigenvalue weighted by molar-refractivity contribution is 0.902. The molecule has 0 saturated heterocycles. The first-order valence-corrected chi connectivity index (χ1v) is 5.60. The number of rotatable bonds is 3. The monoisotopic (exact) mass is 233 g/mol. The molecule has 0 aliphatic rings. The zero-order valence-electron chi connectivity index (χ0n) is 9.06. The van der Waals surface area contributed by atoms with Crippen molar-refractivity contribution in [2.75, 3.05) is 5.32 Å². The molecular formula is C10H11N5S. The van der Waals surface area contributed by atoms with E-state index >= 15 is 0 Å². The van der Waals surface area contributed by atoms with Crippen LogP contribution in [0.3, 0.4) is 0 Å². The van der Waals surface area contributed by atoms with Gasteiger partial charge >= 0.3 is 0 Å². The van der Waals surface area contributed by atoms with Crippen LogP contribution in [0.2, 0.25) is 0 Å². The van der Waals surface area contributed by atoms with Gasteiger partial charge in [-0.15, -0.1) is 10.2 Å². The van der Waals surface area contributed by atoms with Crippen molar-refractivity contribution in [2.45, 2.75) is 13.5 Å². The highest BCUT2D eigenvalue weighted by atomic mass is 32.1. The van der Waals surface area contributed by atoms with Crippen molar-refractivity contribution in [1.82, 2.24) is 14.8 Å². The Bertz CT molecular complexity index is 534. The van der Waals surface area contributed by atoms with Crippen LogP contribution in [0.1, 0.15) is 16.3 Å². The summed E-state index contributed by atoms with van der Waals surface area (Å²) in [6.45, 7) is 2.57. The van der Waals surface area contributed by atoms with Gasteiger partial charge in [0.15, 0.2) is 0 Å². The van der Waals surface area contributed by atoms with Crippen LogP contribution in [-0.2, 0) is 13.6 Å². The first kappa shape index (κ1) is 10.6. The molecule has 1 N–H and O–H groups in total. The van der Waals surface area contributed by atoms with Gasteiger partial charge in [-0.05, 0) is 18.6 Å². The van der Waals surface area contributed by atoms with Crippen LogP contribution in [0.4, 0.5) is 5.13 Å². The van der Waals surface area contributed by atoms with Gasteiger partial charge in [-0.2, -0.15) is 5.26 Å². The number of nitriles is 1. The number of anilines is 1. The molecule has 5 nitrogen and oxygen atoms in total. The minimum atomic E-state index is 0.657. The van der Waals surface area contributed by atoms with E-state index in [-0.39, 0.29) is 0 Å². The summed E-state index contributed by atoms with van der Waals surface area (Å²) >= 11 is 1.52. The van der Waals surface area contributed by atoms with Crippen molar-refractivity contribution in [3.05, 3.63) is 28.5 Å². The topological polar surface area (TPSA) is 66.5 Å². The smallest absolute Gasteiger partial charge is 0.205 e. The third kappa shape index (κ3) is 2.20. The van der Waals surface area contributed by atoms with Gasteiger partial charge in [-0.3, -0.25) is 0 Å². The molecule has 0 aliphatic carbocycles. The van der Waals surface area contributed by atoms with Crippen LogP contribution >= 0.6 is 11.3 Å². The van der Waals surface area contributed by atoms with Gasteiger partial charge in [0.05, 0.1) is 0 Å². The molecule has 2 aromatic rings. The standard InChI is InChI=1S/C10H11N5S/c1-7-13-14-10(16-7)12-5-8-3-9(4-11)15(2)6-8/h3,6H,5H2,1-2H3,(H,12,14). The van der Waals surface area contributed by atoms with Crippen molar-refractivity contribution in [1.29, 1.82) is 5.26 Å². The summed E-state index contributed by atoms with van der Waals surface area (Å²) in [5.41, 5.74) is 1.72. The first-order chi connectivity index (χ1) is 7.69. The summed E-state index contributed by atoms with van der Waals surface area (Å²) in [6.07, 6.45) is 1.93. The van der Waals surface area contributed by atoms with Crippen molar-refractivity contribution in [3.8, 4) is 6.07 Å². The van der Waals surface area contributed by atoms with E-state index in [0.717, 1.165) is 15.7 Å². The zero-order valence-corrected chi connectivity index (χ0v) is 9.88. The third-order valence-corrected chi connectivity index (χ3v) is 2.94. The van der Waals surface area contributed by atoms with E-state index in [9.17, 15) is 0 Å². The van der Waals surface area contributed by atoms with Gasteiger partial charge in [-0.1, -0.05) is 11.3 Å². The van der Waals surface area contributed by atoms with E-state index in [1.54, 1.807) is 0 Å². The number of hydrogen-bond acceptors (Lipinski definition) is 5. The van der Waals surface area contributed by atoms with Crippen molar-refractivity contribution in [2.24, 2.45) is 7.05 Å². The molecule has 0 amide bonds. The molecule has 0 fully saturated rings. The summed E-state index contributed by atoms with van der Waals surface area (Å²) < 4.78 is 1.81. The van der Waals surface area contributed by atoms with Crippen molar-refractivity contribution < 1.29 is 0 Å². The SMILES string of the molecule is Cc1nnc(NCc2cc(C#N)n(C)c2)s1. The average Bonchev–Trinajstić information content (AvgIpc) is 2.82. The Morgan fingerprint density at radius 1 is 1.56 bits per heavy atom. The normalized spacial score (nSPS) is 10.1. The highest BCUT2D eigenvalue weighted by molar-refractivity contribution is 7.15. The van der Waals surface area contributed by atoms with Gasteiger partial charge in [-0.25, -0.2) is 0 Å². The van der Waals surface area contributed by atoms with Gasteiger partial charge in [0.2, 0.25) is 5.13 Å². The third-order valence-electron chi connectivity index (χ3n) is 2.15. The Morgan fingerprint density at radius 2 is 2.38 bits per heavy atom. The molecule has 0 saturated carbocycles. The molecule has 16 heavy (non-hydrogen) atoms. The number of aryl methyl sites for hydroxylation is 2. The maximum Gasteiger partial charge on any atom is 0.205 e. The Morgan fingerprint density at radius 3 is 2.94 bits per heavy atom. The fourth-order valence-electron chi connectivity index (χ4n) is 1.39. The predicted octanol–water partition coefficient (Wildman–Crippen LogP) is 1.67. The molecule has 0 aliphatic heterocycles. The first-order valence-electron chi connectivity index (χ1n) is 4.78. The summed E-state index contributed by atoms with van der Waals surface area (Å²) in [7, 11) is 1.86. The summed E-state index contributed by atoms with van der Waals surface area (Å²) in [5, 5.41) is 21.6. The molecule has 2 aromatic heterocycles. The van der Waals surface area contributed by atoms with Crippen LogP contribution in [0.5, 0.6) is 0 Å². The fourth-order valence-corrected chi connectivity index (χ4v) is 1.97. The lowest BCUT2D eigenvalue weighted by atomic mass is 10.3. The minimum absolute atomic E-state index is 0.657. The van der Waals surface area contributed by atoms with E-state index < -0.39 is 0 Å². The average molecular weight is 233 g/mol. The van der Waals surface area contributed by atoms with Crippen molar-refractivity contribution in [3.63, 3.8) is 0 Å². The molecular weight excluding hydrogens is 222 g/mol. The van der Waals surface area contributed by atoms with Crippen LogP contribution < -0.4 is 5.32 Å². The number of nitrogens with zero attached hydrogens (tertiary/aromatic N) is 4. The Hall–Kier alpha value is -1.87. The lowest BCUT2D eigenvalue weighted by Gasteiger charge is -1.97. The highest BCUT2D eigenvalue weighted by Crippen LogP contribution is 2.15. The minimum Gasteiger partial charge on any atom is -0.356 e. The van der Waals surface area contributed by atoms with Crippen LogP contribution in [0, 0.1) is 18.3 Å². The van der Waals surface area contributed by atoms with E-state index in [1.807, 2.05) is 30.8 Å². The van der Waals surface area contributed by atoms with Gasteiger partial charge in [0.1, 0.15) is 16.8 Å². The van der Waals surface area contributed by atoms with Crippen molar-refractivity contribution >= 4 is 16.5 Å². The van der Waals surface area contributed by atoms with Gasteiger partial charge < -0.3 is 9.88 Å². The maximum atomic E-state index is 8.81. The second-order valence-electron chi connectivity index (χ2n) is 3.44. The molecule has 82 valence electrons. The second kappa shape index (κ2) is 4.33. The molecule has 0 unspecified atom stereocenters. The molecule has 0 spiro atoms. The van der Waals surface area contributed by atoms with E-state index in [2.05, 4.69) is 21.6 Å². The van der Waals surface area contributed by atoms with Gasteiger partial charge in [0, 0.05) is 19.8 Å². The van der Waals surface area contributed by atoms with E-state index in [4.69, 9.17) is 5.26 Å². The number of nitrogens with one attached hydrogen (secondary N) is 1.